The molecule has 0 spiro atoms. The Balaban J connectivity index is 1.63. The predicted molar refractivity (Wildman–Crippen MR) is 112 cm³/mol. The number of ether oxygens (including phenoxy) is 2. The van der Waals surface area contributed by atoms with E-state index in [9.17, 15) is 9.90 Å². The number of rotatable bonds is 3. The van der Waals surface area contributed by atoms with Crippen LogP contribution in [0.1, 0.15) is 67.4 Å². The minimum absolute atomic E-state index is 0.0840. The topological polar surface area (TPSA) is 55.8 Å². The zero-order chi connectivity index (χ0) is 20.4. The fourth-order valence-electron chi connectivity index (χ4n) is 5.44. The van der Waals surface area contributed by atoms with Crippen LogP contribution >= 0.6 is 0 Å². The number of aromatic hydroxyl groups is 1. The number of carbonyl (C=O) groups excluding carboxylic acids is 1. The van der Waals surface area contributed by atoms with Crippen molar-refractivity contribution < 1.29 is 19.4 Å². The molecule has 1 aliphatic carbocycles. The Bertz CT molecular complexity index is 1020. The van der Waals surface area contributed by atoms with Crippen LogP contribution in [0.3, 0.4) is 0 Å². The molecule has 5 rings (SSSR count). The first-order valence-electron chi connectivity index (χ1n) is 10.3. The molecule has 2 aromatic carbocycles. The van der Waals surface area contributed by atoms with Gasteiger partial charge >= 0.3 is 0 Å². The zero-order valence-electron chi connectivity index (χ0n) is 17.1. The highest BCUT2D eigenvalue weighted by Crippen LogP contribution is 2.61. The summed E-state index contributed by atoms with van der Waals surface area (Å²) in [5.41, 5.74) is 1.50. The molecule has 2 aliphatic heterocycles. The number of hydrogen-bond acceptors (Lipinski definition) is 4. The van der Waals surface area contributed by atoms with Crippen LogP contribution in [-0.2, 0) is 0 Å². The number of ketones is 1. The molecular weight excluding hydrogens is 364 g/mol. The van der Waals surface area contributed by atoms with E-state index < -0.39 is 5.60 Å². The standard InChI is InChI=1S/C25H26O4/c1-24(2)17-11-12-25(3)14-16(17)21-20(28-25)13-19(27)22(23(21)29-24)18(26)10-9-15-7-5-4-6-8-15/h4-10,13,16-17,27H,11-12,14H2,1-3H3. The average Bonchev–Trinajstić information content (AvgIpc) is 2.65. The lowest BCUT2D eigenvalue weighted by molar-refractivity contribution is -0.0731. The molecule has 1 fully saturated rings. The van der Waals surface area contributed by atoms with E-state index in [1.807, 2.05) is 30.3 Å². The van der Waals surface area contributed by atoms with Gasteiger partial charge < -0.3 is 14.6 Å². The minimum atomic E-state index is -0.403. The fraction of sp³-hybridized carbons (Fsp3) is 0.400. The van der Waals surface area contributed by atoms with Crippen LogP contribution in [0.5, 0.6) is 17.2 Å². The number of phenolic OH excluding ortho intramolecular Hbond substituents is 1. The molecule has 2 bridgehead atoms. The Morgan fingerprint density at radius 3 is 2.69 bits per heavy atom. The summed E-state index contributed by atoms with van der Waals surface area (Å²) in [6, 6.07) is 11.3. The first kappa shape index (κ1) is 18.3. The van der Waals surface area contributed by atoms with E-state index in [1.54, 1.807) is 12.1 Å². The molecule has 0 amide bonds. The number of phenols is 1. The molecule has 1 saturated carbocycles. The van der Waals surface area contributed by atoms with Crippen molar-refractivity contribution >= 4 is 11.9 Å². The van der Waals surface area contributed by atoms with E-state index in [4.69, 9.17) is 9.47 Å². The SMILES string of the molecule is CC12CCC3C(C1)c1c(cc(O)c(C(=O)C=Cc4ccccc4)c1OC3(C)C)O2. The van der Waals surface area contributed by atoms with Crippen LogP contribution in [-0.4, -0.2) is 22.1 Å². The summed E-state index contributed by atoms with van der Waals surface area (Å²) in [7, 11) is 0. The molecule has 150 valence electrons. The Morgan fingerprint density at radius 2 is 1.93 bits per heavy atom. The molecule has 0 radical (unpaired) electrons. The van der Waals surface area contributed by atoms with Gasteiger partial charge in [0, 0.05) is 23.5 Å². The van der Waals surface area contributed by atoms with Crippen molar-refractivity contribution in [3.63, 3.8) is 0 Å². The molecule has 0 saturated heterocycles. The molecular formula is C25H26O4. The summed E-state index contributed by atoms with van der Waals surface area (Å²) in [5, 5.41) is 10.8. The van der Waals surface area contributed by atoms with Gasteiger partial charge in [0.1, 0.15) is 34.0 Å². The van der Waals surface area contributed by atoms with Crippen molar-refractivity contribution in [2.75, 3.05) is 0 Å². The molecule has 1 N–H and O–H groups in total. The molecule has 3 unspecified atom stereocenters. The van der Waals surface area contributed by atoms with Crippen molar-refractivity contribution in [2.24, 2.45) is 5.92 Å². The van der Waals surface area contributed by atoms with Gasteiger partial charge in [-0.25, -0.2) is 0 Å². The van der Waals surface area contributed by atoms with Gasteiger partial charge in [0.25, 0.3) is 0 Å². The fourth-order valence-corrected chi connectivity index (χ4v) is 5.44. The highest BCUT2D eigenvalue weighted by molar-refractivity contribution is 6.11. The quantitative estimate of drug-likeness (QED) is 0.556. The van der Waals surface area contributed by atoms with E-state index in [-0.39, 0.29) is 28.6 Å². The first-order valence-corrected chi connectivity index (χ1v) is 10.3. The van der Waals surface area contributed by atoms with Crippen LogP contribution in [0, 0.1) is 5.92 Å². The summed E-state index contributed by atoms with van der Waals surface area (Å²) in [4.78, 5) is 13.1. The van der Waals surface area contributed by atoms with Gasteiger partial charge in [-0.3, -0.25) is 4.79 Å². The summed E-state index contributed by atoms with van der Waals surface area (Å²) in [6.45, 7) is 6.33. The monoisotopic (exact) mass is 390 g/mol. The number of benzene rings is 2. The van der Waals surface area contributed by atoms with Crippen LogP contribution in [0.2, 0.25) is 0 Å². The Labute approximate surface area is 171 Å². The van der Waals surface area contributed by atoms with E-state index >= 15 is 0 Å². The maximum absolute atomic E-state index is 13.1. The van der Waals surface area contributed by atoms with Gasteiger partial charge in [0.15, 0.2) is 5.78 Å². The van der Waals surface area contributed by atoms with Gasteiger partial charge in [-0.05, 0) is 51.7 Å². The molecule has 4 nitrogen and oxygen atoms in total. The summed E-state index contributed by atoms with van der Waals surface area (Å²) in [5.74, 6) is 1.47. The summed E-state index contributed by atoms with van der Waals surface area (Å²) >= 11 is 0. The van der Waals surface area contributed by atoms with Crippen molar-refractivity contribution in [3.8, 4) is 17.2 Å². The van der Waals surface area contributed by atoms with E-state index in [0.717, 1.165) is 30.4 Å². The second-order valence-electron chi connectivity index (χ2n) is 9.33. The van der Waals surface area contributed by atoms with E-state index in [0.29, 0.717) is 17.4 Å². The molecule has 29 heavy (non-hydrogen) atoms. The lowest BCUT2D eigenvalue weighted by Gasteiger charge is -2.55. The number of carbonyl (C=O) groups is 1. The van der Waals surface area contributed by atoms with Crippen LogP contribution in [0.15, 0.2) is 42.5 Å². The minimum Gasteiger partial charge on any atom is -0.507 e. The highest BCUT2D eigenvalue weighted by Gasteiger charge is 2.55. The van der Waals surface area contributed by atoms with Gasteiger partial charge in [-0.1, -0.05) is 36.4 Å². The normalized spacial score (nSPS) is 28.5. The predicted octanol–water partition coefficient (Wildman–Crippen LogP) is 5.49. The Morgan fingerprint density at radius 1 is 1.17 bits per heavy atom. The van der Waals surface area contributed by atoms with Gasteiger partial charge in [0.05, 0.1) is 0 Å². The average molecular weight is 390 g/mol. The second-order valence-corrected chi connectivity index (χ2v) is 9.33. The molecule has 4 heteroatoms. The Kier molecular flexibility index (Phi) is 3.86. The molecule has 2 heterocycles. The summed E-state index contributed by atoms with van der Waals surface area (Å²) in [6.07, 6.45) is 6.19. The number of fused-ring (bicyclic) bond motifs is 1. The van der Waals surface area contributed by atoms with Crippen molar-refractivity contribution in [1.29, 1.82) is 0 Å². The lowest BCUT2D eigenvalue weighted by atomic mass is 9.61. The maximum atomic E-state index is 13.1. The van der Waals surface area contributed by atoms with E-state index in [2.05, 4.69) is 20.8 Å². The van der Waals surface area contributed by atoms with Crippen molar-refractivity contribution in [1.82, 2.24) is 0 Å². The zero-order valence-corrected chi connectivity index (χ0v) is 17.1. The van der Waals surface area contributed by atoms with Crippen LogP contribution in [0.4, 0.5) is 0 Å². The van der Waals surface area contributed by atoms with Gasteiger partial charge in [0.2, 0.25) is 0 Å². The lowest BCUT2D eigenvalue weighted by Crippen LogP contribution is -2.54. The van der Waals surface area contributed by atoms with Gasteiger partial charge in [-0.2, -0.15) is 0 Å². The second kappa shape index (κ2) is 6.12. The molecule has 3 aliphatic rings. The van der Waals surface area contributed by atoms with Crippen molar-refractivity contribution in [3.05, 3.63) is 59.2 Å². The largest absolute Gasteiger partial charge is 0.507 e. The molecule has 3 atom stereocenters. The maximum Gasteiger partial charge on any atom is 0.193 e. The van der Waals surface area contributed by atoms with Crippen LogP contribution < -0.4 is 9.47 Å². The smallest absolute Gasteiger partial charge is 0.193 e. The van der Waals surface area contributed by atoms with Gasteiger partial charge in [-0.15, -0.1) is 0 Å². The van der Waals surface area contributed by atoms with Crippen molar-refractivity contribution in [2.45, 2.75) is 57.2 Å². The third-order valence-electron chi connectivity index (χ3n) is 6.84. The van der Waals surface area contributed by atoms with Crippen LogP contribution in [0.25, 0.3) is 6.08 Å². The Hall–Kier alpha value is -2.75. The third-order valence-corrected chi connectivity index (χ3v) is 6.84. The molecule has 2 aromatic rings. The third kappa shape index (κ3) is 2.85. The number of hydrogen-bond donors (Lipinski definition) is 1. The van der Waals surface area contributed by atoms with E-state index in [1.165, 1.54) is 6.08 Å². The first-order chi connectivity index (χ1) is 13.8. The summed E-state index contributed by atoms with van der Waals surface area (Å²) < 4.78 is 12.7. The highest BCUT2D eigenvalue weighted by atomic mass is 16.5. The molecule has 0 aromatic heterocycles. The number of allylic oxidation sites excluding steroid dienone is 1.